The van der Waals surface area contributed by atoms with E-state index in [-0.39, 0.29) is 0 Å². The summed E-state index contributed by atoms with van der Waals surface area (Å²) in [7, 11) is 1.78. The summed E-state index contributed by atoms with van der Waals surface area (Å²) < 4.78 is 5.52. The SMILES string of the molecule is CNc1cncc(OCc2ccc(Cl)cc2)n1. The van der Waals surface area contributed by atoms with Gasteiger partial charge in [0.2, 0.25) is 5.88 Å². The molecule has 0 bridgehead atoms. The van der Waals surface area contributed by atoms with E-state index in [9.17, 15) is 0 Å². The fourth-order valence-electron chi connectivity index (χ4n) is 1.28. The predicted octanol–water partition coefficient (Wildman–Crippen LogP) is 2.75. The maximum Gasteiger partial charge on any atom is 0.234 e. The van der Waals surface area contributed by atoms with E-state index < -0.39 is 0 Å². The van der Waals surface area contributed by atoms with Crippen molar-refractivity contribution in [2.24, 2.45) is 0 Å². The highest BCUT2D eigenvalue weighted by molar-refractivity contribution is 6.30. The van der Waals surface area contributed by atoms with Gasteiger partial charge in [-0.15, -0.1) is 0 Å². The van der Waals surface area contributed by atoms with Gasteiger partial charge in [-0.05, 0) is 17.7 Å². The first-order chi connectivity index (χ1) is 8.28. The zero-order valence-electron chi connectivity index (χ0n) is 9.35. The maximum absolute atomic E-state index is 5.80. The minimum atomic E-state index is 0.443. The summed E-state index contributed by atoms with van der Waals surface area (Å²) >= 11 is 5.80. The highest BCUT2D eigenvalue weighted by Gasteiger charge is 1.99. The zero-order valence-corrected chi connectivity index (χ0v) is 10.1. The van der Waals surface area contributed by atoms with E-state index in [0.29, 0.717) is 23.3 Å². The lowest BCUT2D eigenvalue weighted by molar-refractivity contribution is 0.293. The van der Waals surface area contributed by atoms with E-state index >= 15 is 0 Å². The van der Waals surface area contributed by atoms with E-state index in [1.807, 2.05) is 24.3 Å². The number of rotatable bonds is 4. The van der Waals surface area contributed by atoms with E-state index in [0.717, 1.165) is 5.56 Å². The van der Waals surface area contributed by atoms with E-state index in [1.54, 1.807) is 19.4 Å². The number of hydrogen-bond acceptors (Lipinski definition) is 4. The lowest BCUT2D eigenvalue weighted by atomic mass is 10.2. The molecule has 0 unspecified atom stereocenters. The normalized spacial score (nSPS) is 10.0. The van der Waals surface area contributed by atoms with E-state index in [4.69, 9.17) is 16.3 Å². The van der Waals surface area contributed by atoms with Crippen molar-refractivity contribution in [3.8, 4) is 5.88 Å². The number of nitrogens with one attached hydrogen (secondary N) is 1. The Balaban J connectivity index is 1.99. The lowest BCUT2D eigenvalue weighted by Gasteiger charge is -2.06. The summed E-state index contributed by atoms with van der Waals surface area (Å²) in [6.07, 6.45) is 3.21. The van der Waals surface area contributed by atoms with Crippen molar-refractivity contribution < 1.29 is 4.74 Å². The van der Waals surface area contributed by atoms with Crippen LogP contribution in [-0.4, -0.2) is 17.0 Å². The Labute approximate surface area is 105 Å². The molecule has 4 nitrogen and oxygen atoms in total. The average molecular weight is 250 g/mol. The van der Waals surface area contributed by atoms with Crippen LogP contribution in [0.25, 0.3) is 0 Å². The van der Waals surface area contributed by atoms with Gasteiger partial charge in [0.15, 0.2) is 0 Å². The Kier molecular flexibility index (Phi) is 3.77. The topological polar surface area (TPSA) is 47.0 Å². The molecule has 0 radical (unpaired) electrons. The smallest absolute Gasteiger partial charge is 0.234 e. The van der Waals surface area contributed by atoms with E-state index in [2.05, 4.69) is 15.3 Å². The van der Waals surface area contributed by atoms with Crippen LogP contribution in [0.2, 0.25) is 5.02 Å². The molecule has 0 aliphatic carbocycles. The molecule has 0 fully saturated rings. The Morgan fingerprint density at radius 3 is 2.71 bits per heavy atom. The molecule has 1 aromatic carbocycles. The second-order valence-electron chi connectivity index (χ2n) is 3.41. The molecule has 2 aromatic rings. The molecule has 1 aromatic heterocycles. The largest absolute Gasteiger partial charge is 0.472 e. The molecule has 1 heterocycles. The molecule has 1 N–H and O–H groups in total. The van der Waals surface area contributed by atoms with Crippen molar-refractivity contribution in [1.82, 2.24) is 9.97 Å². The molecular formula is C12H12ClN3O. The van der Waals surface area contributed by atoms with Gasteiger partial charge >= 0.3 is 0 Å². The van der Waals surface area contributed by atoms with Crippen LogP contribution in [0.3, 0.4) is 0 Å². The van der Waals surface area contributed by atoms with Gasteiger partial charge in [0, 0.05) is 12.1 Å². The van der Waals surface area contributed by atoms with Crippen molar-refractivity contribution in [3.63, 3.8) is 0 Å². The third-order valence-corrected chi connectivity index (χ3v) is 2.42. The molecule has 5 heteroatoms. The number of aromatic nitrogens is 2. The Hall–Kier alpha value is -1.81. The minimum absolute atomic E-state index is 0.443. The predicted molar refractivity (Wildman–Crippen MR) is 67.4 cm³/mol. The van der Waals surface area contributed by atoms with Crippen molar-refractivity contribution in [1.29, 1.82) is 0 Å². The van der Waals surface area contributed by atoms with E-state index in [1.165, 1.54) is 0 Å². The Morgan fingerprint density at radius 1 is 1.24 bits per heavy atom. The fraction of sp³-hybridized carbons (Fsp3) is 0.167. The van der Waals surface area contributed by atoms with Gasteiger partial charge in [-0.1, -0.05) is 23.7 Å². The number of ether oxygens (including phenoxy) is 1. The molecule has 0 aliphatic heterocycles. The molecule has 17 heavy (non-hydrogen) atoms. The van der Waals surface area contributed by atoms with Crippen molar-refractivity contribution in [2.75, 3.05) is 12.4 Å². The molecule has 0 saturated carbocycles. The molecular weight excluding hydrogens is 238 g/mol. The molecule has 0 saturated heterocycles. The average Bonchev–Trinajstić information content (AvgIpc) is 2.38. The van der Waals surface area contributed by atoms with Crippen LogP contribution in [0.1, 0.15) is 5.56 Å². The van der Waals surface area contributed by atoms with Gasteiger partial charge in [-0.25, -0.2) is 0 Å². The van der Waals surface area contributed by atoms with Gasteiger partial charge in [-0.3, -0.25) is 4.98 Å². The van der Waals surface area contributed by atoms with Gasteiger partial charge < -0.3 is 10.1 Å². The van der Waals surface area contributed by atoms with Crippen LogP contribution >= 0.6 is 11.6 Å². The fourth-order valence-corrected chi connectivity index (χ4v) is 1.40. The Bertz CT molecular complexity index is 487. The number of hydrogen-bond donors (Lipinski definition) is 1. The van der Waals surface area contributed by atoms with Crippen LogP contribution in [0, 0.1) is 0 Å². The number of nitrogens with zero attached hydrogens (tertiary/aromatic N) is 2. The highest BCUT2D eigenvalue weighted by Crippen LogP contribution is 2.13. The van der Waals surface area contributed by atoms with Gasteiger partial charge in [-0.2, -0.15) is 4.98 Å². The first kappa shape index (κ1) is 11.7. The summed E-state index contributed by atoms with van der Waals surface area (Å²) in [6, 6.07) is 7.49. The first-order valence-electron chi connectivity index (χ1n) is 5.15. The van der Waals surface area contributed by atoms with Gasteiger partial charge in [0.05, 0.1) is 12.4 Å². The van der Waals surface area contributed by atoms with Gasteiger partial charge in [0.1, 0.15) is 12.4 Å². The summed E-state index contributed by atoms with van der Waals surface area (Å²) in [6.45, 7) is 0.443. The molecule has 88 valence electrons. The number of halogens is 1. The standard InChI is InChI=1S/C12H12ClN3O/c1-14-11-6-15-7-12(16-11)17-8-9-2-4-10(13)5-3-9/h2-7H,8H2,1H3,(H,14,16). The summed E-state index contributed by atoms with van der Waals surface area (Å²) in [5.41, 5.74) is 1.03. The molecule has 0 amide bonds. The summed E-state index contributed by atoms with van der Waals surface area (Å²) in [5, 5.41) is 3.62. The van der Waals surface area contributed by atoms with Crippen molar-refractivity contribution in [2.45, 2.75) is 6.61 Å². The summed E-state index contributed by atoms with van der Waals surface area (Å²) in [4.78, 5) is 8.21. The van der Waals surface area contributed by atoms with Crippen LogP contribution < -0.4 is 10.1 Å². The quantitative estimate of drug-likeness (QED) is 0.905. The lowest BCUT2D eigenvalue weighted by Crippen LogP contribution is -2.00. The first-order valence-corrected chi connectivity index (χ1v) is 5.53. The highest BCUT2D eigenvalue weighted by atomic mass is 35.5. The minimum Gasteiger partial charge on any atom is -0.472 e. The van der Waals surface area contributed by atoms with Crippen molar-refractivity contribution in [3.05, 3.63) is 47.2 Å². The molecule has 2 rings (SSSR count). The number of anilines is 1. The third kappa shape index (κ3) is 3.32. The summed E-state index contributed by atoms with van der Waals surface area (Å²) in [5.74, 6) is 1.17. The number of benzene rings is 1. The Morgan fingerprint density at radius 2 is 2.00 bits per heavy atom. The molecule has 0 aliphatic rings. The molecule has 0 spiro atoms. The van der Waals surface area contributed by atoms with Crippen molar-refractivity contribution >= 4 is 17.4 Å². The van der Waals surface area contributed by atoms with Crippen LogP contribution in [0.4, 0.5) is 5.82 Å². The van der Waals surface area contributed by atoms with Gasteiger partial charge in [0.25, 0.3) is 0 Å². The monoisotopic (exact) mass is 249 g/mol. The molecule has 0 atom stereocenters. The zero-order chi connectivity index (χ0) is 12.1. The third-order valence-electron chi connectivity index (χ3n) is 2.17. The maximum atomic E-state index is 5.80. The second-order valence-corrected chi connectivity index (χ2v) is 3.84. The second kappa shape index (κ2) is 5.50. The van der Waals surface area contributed by atoms with Crippen LogP contribution in [0.5, 0.6) is 5.88 Å². The van der Waals surface area contributed by atoms with Crippen LogP contribution in [-0.2, 0) is 6.61 Å². The van der Waals surface area contributed by atoms with Crippen LogP contribution in [0.15, 0.2) is 36.7 Å².